The molecule has 2 unspecified atom stereocenters. The molecule has 0 spiro atoms. The third-order valence-corrected chi connectivity index (χ3v) is 2.60. The maximum atomic E-state index is 11.6. The molecule has 0 radical (unpaired) electrons. The topological polar surface area (TPSA) is 98.9 Å². The fraction of sp³-hybridized carbons (Fsp3) is 0.417. The van der Waals surface area contributed by atoms with Crippen molar-refractivity contribution in [3.05, 3.63) is 34.4 Å². The van der Waals surface area contributed by atoms with Gasteiger partial charge in [-0.05, 0) is 19.4 Å². The molecule has 0 heterocycles. The van der Waals surface area contributed by atoms with E-state index < -0.39 is 22.9 Å². The molecule has 0 aliphatic rings. The molecule has 0 aliphatic carbocycles. The number of carbonyl (C=O) groups is 1. The van der Waals surface area contributed by atoms with Gasteiger partial charge in [-0.3, -0.25) is 15.0 Å². The number of aliphatic hydroxyl groups excluding tert-OH is 1. The lowest BCUT2D eigenvalue weighted by atomic mass is 10.0. The SMILES string of the molecule is CCC(C(=O)OOc1ccccc1[N+](=O)[O-])C(C)O. The normalized spacial score (nSPS) is 13.4. The number of benzene rings is 1. The third kappa shape index (κ3) is 3.92. The Labute approximate surface area is 109 Å². The lowest BCUT2D eigenvalue weighted by molar-refractivity contribution is -0.388. The highest BCUT2D eigenvalue weighted by Crippen LogP contribution is 2.26. The average Bonchev–Trinajstić information content (AvgIpc) is 2.37. The summed E-state index contributed by atoms with van der Waals surface area (Å²) < 4.78 is 0. The number of hydrogen-bond acceptors (Lipinski definition) is 6. The summed E-state index contributed by atoms with van der Waals surface area (Å²) in [5.41, 5.74) is -0.305. The van der Waals surface area contributed by atoms with Crippen LogP contribution in [0.4, 0.5) is 5.69 Å². The minimum absolute atomic E-state index is 0.165. The van der Waals surface area contributed by atoms with E-state index in [1.807, 2.05) is 0 Å². The molecule has 1 rings (SSSR count). The summed E-state index contributed by atoms with van der Waals surface area (Å²) >= 11 is 0. The molecule has 1 aromatic rings. The van der Waals surface area contributed by atoms with Crippen LogP contribution in [0, 0.1) is 16.0 Å². The summed E-state index contributed by atoms with van der Waals surface area (Å²) in [6, 6.07) is 5.53. The van der Waals surface area contributed by atoms with E-state index in [9.17, 15) is 20.0 Å². The van der Waals surface area contributed by atoms with Crippen molar-refractivity contribution in [3.8, 4) is 5.75 Å². The molecule has 0 bridgehead atoms. The maximum Gasteiger partial charge on any atom is 0.361 e. The van der Waals surface area contributed by atoms with E-state index in [-0.39, 0.29) is 11.4 Å². The number of nitro groups is 1. The zero-order valence-corrected chi connectivity index (χ0v) is 10.6. The number of para-hydroxylation sites is 2. The van der Waals surface area contributed by atoms with Gasteiger partial charge in [0.2, 0.25) is 0 Å². The molecule has 0 fully saturated rings. The second-order valence-electron chi connectivity index (χ2n) is 3.97. The van der Waals surface area contributed by atoms with Crippen molar-refractivity contribution in [2.75, 3.05) is 0 Å². The van der Waals surface area contributed by atoms with E-state index in [4.69, 9.17) is 4.89 Å². The molecule has 2 atom stereocenters. The van der Waals surface area contributed by atoms with E-state index in [1.165, 1.54) is 31.2 Å². The summed E-state index contributed by atoms with van der Waals surface area (Å²) in [6.07, 6.45) is -0.511. The summed E-state index contributed by atoms with van der Waals surface area (Å²) in [4.78, 5) is 30.9. The third-order valence-electron chi connectivity index (χ3n) is 2.60. The average molecular weight is 269 g/mol. The van der Waals surface area contributed by atoms with E-state index in [1.54, 1.807) is 6.92 Å². The van der Waals surface area contributed by atoms with Gasteiger partial charge < -0.3 is 5.11 Å². The molecule has 7 heteroatoms. The Morgan fingerprint density at radius 1 is 1.47 bits per heavy atom. The second kappa shape index (κ2) is 6.69. The van der Waals surface area contributed by atoms with E-state index in [0.717, 1.165) is 0 Å². The predicted octanol–water partition coefficient (Wildman–Crippen LogP) is 1.84. The first kappa shape index (κ1) is 14.9. The molecule has 19 heavy (non-hydrogen) atoms. The smallest absolute Gasteiger partial charge is 0.361 e. The lowest BCUT2D eigenvalue weighted by Gasteiger charge is -2.15. The van der Waals surface area contributed by atoms with Crippen molar-refractivity contribution in [2.24, 2.45) is 5.92 Å². The van der Waals surface area contributed by atoms with Gasteiger partial charge in [0.1, 0.15) is 0 Å². The largest absolute Gasteiger partial charge is 0.393 e. The molecule has 104 valence electrons. The van der Waals surface area contributed by atoms with Crippen molar-refractivity contribution in [1.82, 2.24) is 0 Å². The summed E-state index contributed by atoms with van der Waals surface area (Å²) in [6.45, 7) is 3.17. The Bertz CT molecular complexity index is 459. The predicted molar refractivity (Wildman–Crippen MR) is 65.3 cm³/mol. The van der Waals surface area contributed by atoms with Crippen LogP contribution in [0.15, 0.2) is 24.3 Å². The van der Waals surface area contributed by atoms with Gasteiger partial charge in [0.25, 0.3) is 5.75 Å². The van der Waals surface area contributed by atoms with Gasteiger partial charge in [0.05, 0.1) is 16.9 Å². The monoisotopic (exact) mass is 269 g/mol. The van der Waals surface area contributed by atoms with E-state index in [0.29, 0.717) is 6.42 Å². The first-order valence-corrected chi connectivity index (χ1v) is 5.77. The van der Waals surface area contributed by atoms with Gasteiger partial charge in [-0.2, -0.15) is 0 Å². The highest BCUT2D eigenvalue weighted by molar-refractivity contribution is 5.72. The Morgan fingerprint density at radius 2 is 2.11 bits per heavy atom. The van der Waals surface area contributed by atoms with Crippen LogP contribution in [-0.4, -0.2) is 22.1 Å². The van der Waals surface area contributed by atoms with Crippen LogP contribution in [0.25, 0.3) is 0 Å². The Balaban J connectivity index is 2.72. The van der Waals surface area contributed by atoms with Gasteiger partial charge >= 0.3 is 11.7 Å². The Kier molecular flexibility index (Phi) is 5.25. The molecular formula is C12H15NO6. The standard InChI is InChI=1S/C12H15NO6/c1-3-9(8(2)14)12(15)19-18-11-7-5-4-6-10(11)13(16)17/h4-9,14H,3H2,1-2H3. The highest BCUT2D eigenvalue weighted by atomic mass is 17.2. The van der Waals surface area contributed by atoms with Crippen LogP contribution in [-0.2, 0) is 9.68 Å². The minimum Gasteiger partial charge on any atom is -0.393 e. The van der Waals surface area contributed by atoms with Crippen molar-refractivity contribution < 1.29 is 24.6 Å². The fourth-order valence-corrected chi connectivity index (χ4v) is 1.53. The number of hydrogen-bond donors (Lipinski definition) is 1. The van der Waals surface area contributed by atoms with Gasteiger partial charge in [0.15, 0.2) is 0 Å². The van der Waals surface area contributed by atoms with E-state index >= 15 is 0 Å². The van der Waals surface area contributed by atoms with Gasteiger partial charge in [-0.1, -0.05) is 19.1 Å². The maximum absolute atomic E-state index is 11.6. The first-order chi connectivity index (χ1) is 8.97. The molecular weight excluding hydrogens is 254 g/mol. The first-order valence-electron chi connectivity index (χ1n) is 5.77. The van der Waals surface area contributed by atoms with E-state index in [2.05, 4.69) is 4.89 Å². The summed E-state index contributed by atoms with van der Waals surface area (Å²) in [5.74, 6) is -1.67. The summed E-state index contributed by atoms with van der Waals surface area (Å²) in [7, 11) is 0. The van der Waals surface area contributed by atoms with Crippen molar-refractivity contribution in [1.29, 1.82) is 0 Å². The van der Waals surface area contributed by atoms with Crippen LogP contribution in [0.3, 0.4) is 0 Å². The molecule has 0 aliphatic heterocycles. The molecule has 0 aromatic heterocycles. The Hall–Kier alpha value is -2.15. The molecule has 0 saturated carbocycles. The van der Waals surface area contributed by atoms with Gasteiger partial charge in [-0.15, -0.1) is 0 Å². The zero-order chi connectivity index (χ0) is 14.4. The number of nitro benzene ring substituents is 1. The van der Waals surface area contributed by atoms with Gasteiger partial charge in [0, 0.05) is 6.07 Å². The van der Waals surface area contributed by atoms with Crippen LogP contribution < -0.4 is 4.89 Å². The Morgan fingerprint density at radius 3 is 2.63 bits per heavy atom. The highest BCUT2D eigenvalue weighted by Gasteiger charge is 2.26. The van der Waals surface area contributed by atoms with Crippen LogP contribution in [0.1, 0.15) is 20.3 Å². The summed E-state index contributed by atoms with van der Waals surface area (Å²) in [5, 5.41) is 20.1. The molecule has 1 aromatic carbocycles. The molecule has 0 amide bonds. The van der Waals surface area contributed by atoms with Crippen LogP contribution >= 0.6 is 0 Å². The van der Waals surface area contributed by atoms with Crippen LogP contribution in [0.5, 0.6) is 5.75 Å². The minimum atomic E-state index is -0.883. The molecule has 1 N–H and O–H groups in total. The number of rotatable bonds is 6. The van der Waals surface area contributed by atoms with Crippen molar-refractivity contribution >= 4 is 11.7 Å². The second-order valence-corrected chi connectivity index (χ2v) is 3.97. The van der Waals surface area contributed by atoms with Crippen LogP contribution in [0.2, 0.25) is 0 Å². The van der Waals surface area contributed by atoms with Crippen molar-refractivity contribution in [3.63, 3.8) is 0 Å². The zero-order valence-electron chi connectivity index (χ0n) is 10.6. The van der Waals surface area contributed by atoms with Gasteiger partial charge in [-0.25, -0.2) is 9.68 Å². The molecule has 0 saturated heterocycles. The molecule has 7 nitrogen and oxygen atoms in total. The lowest BCUT2D eigenvalue weighted by Crippen LogP contribution is -2.28. The number of aliphatic hydroxyl groups is 1. The van der Waals surface area contributed by atoms with Crippen molar-refractivity contribution in [2.45, 2.75) is 26.4 Å². The quantitative estimate of drug-likeness (QED) is 0.480. The number of nitrogens with zero attached hydrogens (tertiary/aromatic N) is 1. The number of carbonyl (C=O) groups excluding carboxylic acids is 1. The fourth-order valence-electron chi connectivity index (χ4n) is 1.53.